The largest absolute Gasteiger partial charge is 0.380 e. The van der Waals surface area contributed by atoms with E-state index in [9.17, 15) is 0 Å². The van der Waals surface area contributed by atoms with E-state index in [-0.39, 0.29) is 11.0 Å². The predicted octanol–water partition coefficient (Wildman–Crippen LogP) is 3.70. The van der Waals surface area contributed by atoms with Crippen LogP contribution in [0.5, 0.6) is 0 Å². The minimum atomic E-state index is -0.106. The molecule has 0 saturated carbocycles. The highest BCUT2D eigenvalue weighted by Gasteiger charge is 2.42. The Bertz CT molecular complexity index is 821. The summed E-state index contributed by atoms with van der Waals surface area (Å²) in [6.07, 6.45) is 7.29. The molecule has 0 unspecified atom stereocenters. The van der Waals surface area contributed by atoms with Crippen LogP contribution in [0.3, 0.4) is 0 Å². The molecule has 2 fully saturated rings. The number of ether oxygens (including phenoxy) is 2. The molecule has 5 nitrogen and oxygen atoms in total. The first-order valence-corrected chi connectivity index (χ1v) is 11.0. The second kappa shape index (κ2) is 6.85. The van der Waals surface area contributed by atoms with Crippen molar-refractivity contribution in [3.63, 3.8) is 0 Å². The Morgan fingerprint density at radius 2 is 2.11 bits per heavy atom. The fourth-order valence-corrected chi connectivity index (χ4v) is 6.10. The lowest BCUT2D eigenvalue weighted by molar-refractivity contribution is -0.111. The van der Waals surface area contributed by atoms with E-state index in [2.05, 4.69) is 33.9 Å². The number of nitrogens with zero attached hydrogens (tertiary/aromatic N) is 3. The molecule has 0 aliphatic carbocycles. The van der Waals surface area contributed by atoms with Crippen molar-refractivity contribution in [3.05, 3.63) is 38.8 Å². The van der Waals surface area contributed by atoms with Crippen molar-refractivity contribution in [2.24, 2.45) is 5.41 Å². The lowest BCUT2D eigenvalue weighted by atomic mass is 9.85. The molecule has 0 bridgehead atoms. The van der Waals surface area contributed by atoms with Crippen LogP contribution in [-0.4, -0.2) is 47.6 Å². The van der Waals surface area contributed by atoms with Crippen molar-refractivity contribution in [1.82, 2.24) is 14.7 Å². The molecule has 7 heteroatoms. The maximum absolute atomic E-state index is 6.32. The van der Waals surface area contributed by atoms with Gasteiger partial charge in [-0.3, -0.25) is 9.58 Å². The summed E-state index contributed by atoms with van der Waals surface area (Å²) in [6, 6.07) is 2.14. The smallest absolute Gasteiger partial charge is 0.105 e. The molecule has 0 atom stereocenters. The molecule has 2 saturated heterocycles. The highest BCUT2D eigenvalue weighted by atomic mass is 35.5. The fourth-order valence-electron chi connectivity index (χ4n) is 4.60. The van der Waals surface area contributed by atoms with Gasteiger partial charge >= 0.3 is 0 Å². The number of thiophene rings is 1. The average molecular weight is 408 g/mol. The number of piperidine rings is 1. The van der Waals surface area contributed by atoms with Crippen LogP contribution < -0.4 is 0 Å². The lowest BCUT2D eigenvalue weighted by Crippen LogP contribution is -2.45. The van der Waals surface area contributed by atoms with Gasteiger partial charge in [0.15, 0.2) is 0 Å². The Hall–Kier alpha value is -0.920. The normalized spacial score (nSPS) is 23.9. The van der Waals surface area contributed by atoms with Crippen molar-refractivity contribution >= 4 is 22.9 Å². The molecule has 27 heavy (non-hydrogen) atoms. The van der Waals surface area contributed by atoms with E-state index in [1.54, 1.807) is 11.3 Å². The Balaban J connectivity index is 1.21. The molecule has 5 heterocycles. The number of aromatic nitrogens is 2. The molecular formula is C20H26ClN3O2S. The first-order chi connectivity index (χ1) is 13.0. The summed E-state index contributed by atoms with van der Waals surface area (Å²) in [7, 11) is 0. The molecule has 3 aliphatic heterocycles. The molecule has 0 aromatic carbocycles. The van der Waals surface area contributed by atoms with Gasteiger partial charge in [0.05, 0.1) is 36.9 Å². The number of rotatable bonds is 4. The maximum atomic E-state index is 6.32. The van der Waals surface area contributed by atoms with Crippen LogP contribution in [0.25, 0.3) is 0 Å². The van der Waals surface area contributed by atoms with Crippen molar-refractivity contribution in [2.75, 3.05) is 32.9 Å². The highest BCUT2D eigenvalue weighted by Crippen LogP contribution is 2.46. The molecule has 0 radical (unpaired) electrons. The number of likely N-dealkylation sites (tertiary alicyclic amines) is 1. The fraction of sp³-hybridized carbons (Fsp3) is 0.650. The van der Waals surface area contributed by atoms with Gasteiger partial charge in [-0.25, -0.2) is 0 Å². The highest BCUT2D eigenvalue weighted by molar-refractivity contribution is 7.16. The topological polar surface area (TPSA) is 39.5 Å². The Labute approximate surface area is 169 Å². The summed E-state index contributed by atoms with van der Waals surface area (Å²) in [5.74, 6) is 0. The van der Waals surface area contributed by atoms with E-state index in [4.69, 9.17) is 21.1 Å². The van der Waals surface area contributed by atoms with Gasteiger partial charge < -0.3 is 9.47 Å². The quantitative estimate of drug-likeness (QED) is 0.774. The number of hydrogen-bond donors (Lipinski definition) is 0. The zero-order chi connectivity index (χ0) is 18.5. The first-order valence-electron chi connectivity index (χ1n) is 9.78. The van der Waals surface area contributed by atoms with E-state index in [0.29, 0.717) is 0 Å². The summed E-state index contributed by atoms with van der Waals surface area (Å²) in [5, 5.41) is 4.56. The van der Waals surface area contributed by atoms with Crippen molar-refractivity contribution < 1.29 is 9.47 Å². The minimum Gasteiger partial charge on any atom is -0.380 e. The van der Waals surface area contributed by atoms with E-state index in [1.807, 2.05) is 6.20 Å². The molecule has 0 amide bonds. The summed E-state index contributed by atoms with van der Waals surface area (Å²) in [5.41, 5.74) is 2.84. The lowest BCUT2D eigenvalue weighted by Gasteiger charge is -2.43. The molecular weight excluding hydrogens is 382 g/mol. The zero-order valence-electron chi connectivity index (χ0n) is 15.7. The number of halogens is 1. The second-order valence-electron chi connectivity index (χ2n) is 8.62. The molecule has 3 aliphatic rings. The van der Waals surface area contributed by atoms with Gasteiger partial charge in [-0.2, -0.15) is 5.10 Å². The van der Waals surface area contributed by atoms with Gasteiger partial charge in [0.2, 0.25) is 0 Å². The number of hydrogen-bond acceptors (Lipinski definition) is 5. The Morgan fingerprint density at radius 1 is 1.30 bits per heavy atom. The third kappa shape index (κ3) is 3.47. The molecule has 146 valence electrons. The van der Waals surface area contributed by atoms with E-state index in [1.165, 1.54) is 16.0 Å². The zero-order valence-corrected chi connectivity index (χ0v) is 17.3. The van der Waals surface area contributed by atoms with E-state index >= 15 is 0 Å². The van der Waals surface area contributed by atoms with Crippen LogP contribution in [0.4, 0.5) is 0 Å². The van der Waals surface area contributed by atoms with Crippen LogP contribution in [0, 0.1) is 5.41 Å². The minimum absolute atomic E-state index is 0.106. The third-order valence-electron chi connectivity index (χ3n) is 6.14. The van der Waals surface area contributed by atoms with Crippen LogP contribution in [0.1, 0.15) is 35.8 Å². The van der Waals surface area contributed by atoms with Crippen molar-refractivity contribution in [1.29, 1.82) is 0 Å². The van der Waals surface area contributed by atoms with Gasteiger partial charge in [0.25, 0.3) is 0 Å². The summed E-state index contributed by atoms with van der Waals surface area (Å²) in [6.45, 7) is 8.74. The molecule has 5 rings (SSSR count). The summed E-state index contributed by atoms with van der Waals surface area (Å²) >= 11 is 8.00. The molecule has 2 aromatic heterocycles. The van der Waals surface area contributed by atoms with Gasteiger partial charge in [0.1, 0.15) is 5.60 Å². The monoisotopic (exact) mass is 407 g/mol. The predicted molar refractivity (Wildman–Crippen MR) is 106 cm³/mol. The van der Waals surface area contributed by atoms with Gasteiger partial charge in [0, 0.05) is 41.7 Å². The Morgan fingerprint density at radius 3 is 2.85 bits per heavy atom. The standard InChI is InChI=1S/C20H26ClN3O2S/c1-19(13-25-14-19)12-24-11-15(9-22-24)10-23-5-3-20(4-6-23)18-16(2-7-26-20)8-17(21)27-18/h8-9,11H,2-7,10,12-14H2,1H3. The average Bonchev–Trinajstić information content (AvgIpc) is 3.22. The van der Waals surface area contributed by atoms with Gasteiger partial charge in [-0.15, -0.1) is 11.3 Å². The molecule has 2 aromatic rings. The van der Waals surface area contributed by atoms with Crippen LogP contribution in [0.2, 0.25) is 4.34 Å². The van der Waals surface area contributed by atoms with Gasteiger partial charge in [-0.1, -0.05) is 18.5 Å². The van der Waals surface area contributed by atoms with E-state index < -0.39 is 0 Å². The SMILES string of the molecule is CC1(Cn2cc(CN3CCC4(CC3)OCCc3cc(Cl)sc34)cn2)COC1. The third-order valence-corrected chi connectivity index (χ3v) is 7.64. The Kier molecular flexibility index (Phi) is 4.60. The van der Waals surface area contributed by atoms with E-state index in [0.717, 1.165) is 69.6 Å². The van der Waals surface area contributed by atoms with Crippen LogP contribution >= 0.6 is 22.9 Å². The van der Waals surface area contributed by atoms with Crippen LogP contribution in [-0.2, 0) is 34.6 Å². The van der Waals surface area contributed by atoms with Gasteiger partial charge in [-0.05, 0) is 30.9 Å². The van der Waals surface area contributed by atoms with Crippen molar-refractivity contribution in [3.8, 4) is 0 Å². The first kappa shape index (κ1) is 18.1. The number of fused-ring (bicyclic) bond motifs is 2. The molecule has 0 N–H and O–H groups in total. The molecule has 1 spiro atoms. The van der Waals surface area contributed by atoms with Crippen molar-refractivity contribution in [2.45, 2.75) is 44.9 Å². The summed E-state index contributed by atoms with van der Waals surface area (Å²) < 4.78 is 14.6. The maximum Gasteiger partial charge on any atom is 0.105 e. The second-order valence-corrected chi connectivity index (χ2v) is 10.3. The van der Waals surface area contributed by atoms with Crippen LogP contribution in [0.15, 0.2) is 18.5 Å². The summed E-state index contributed by atoms with van der Waals surface area (Å²) in [4.78, 5) is 3.90.